The van der Waals surface area contributed by atoms with E-state index in [1.807, 2.05) is 27.7 Å². The number of aliphatic carboxylic acids is 2. The van der Waals surface area contributed by atoms with Crippen LogP contribution in [0.1, 0.15) is 79.1 Å². The highest BCUT2D eigenvalue weighted by atomic mass is 32.2. The van der Waals surface area contributed by atoms with Gasteiger partial charge in [0.25, 0.3) is 0 Å². The molecule has 316 valence electrons. The van der Waals surface area contributed by atoms with Crippen LogP contribution in [0.2, 0.25) is 0 Å². The lowest BCUT2D eigenvalue weighted by Crippen LogP contribution is -2.43. The predicted molar refractivity (Wildman–Crippen MR) is 210 cm³/mol. The number of rotatable bonds is 34. The number of hydrogen-bond acceptors (Lipinski definition) is 12. The van der Waals surface area contributed by atoms with Crippen LogP contribution < -0.4 is 26.6 Å². The zero-order valence-electron chi connectivity index (χ0n) is 32.6. The molecule has 0 aromatic heterocycles. The number of unbranched alkanes of at least 4 members (excludes halogenated alkanes) is 1. The molecule has 20 heteroatoms. The Kier molecular flexibility index (Phi) is 30.5. The Labute approximate surface area is 332 Å². The van der Waals surface area contributed by atoms with Crippen molar-refractivity contribution in [3.63, 3.8) is 0 Å². The lowest BCUT2D eigenvalue weighted by Gasteiger charge is -2.23. The minimum Gasteiger partial charge on any atom is -0.481 e. The Bertz CT molecular complexity index is 1160. The molecule has 0 bridgehead atoms. The number of carboxylic acids is 2. The van der Waals surface area contributed by atoms with Crippen LogP contribution in [0.15, 0.2) is 0 Å². The second kappa shape index (κ2) is 32.6. The first-order valence-corrected chi connectivity index (χ1v) is 20.7. The highest BCUT2D eigenvalue weighted by molar-refractivity contribution is 8.00. The Morgan fingerprint density at radius 2 is 1.07 bits per heavy atom. The molecule has 0 saturated heterocycles. The van der Waals surface area contributed by atoms with E-state index >= 15 is 0 Å². The first kappa shape index (κ1) is 51.4. The van der Waals surface area contributed by atoms with Gasteiger partial charge in [-0.1, -0.05) is 27.7 Å². The van der Waals surface area contributed by atoms with Crippen LogP contribution in [0, 0.1) is 0 Å². The molecule has 55 heavy (non-hydrogen) atoms. The van der Waals surface area contributed by atoms with E-state index in [4.69, 9.17) is 14.6 Å². The molecule has 0 aliphatic rings. The molecule has 0 fully saturated rings. The van der Waals surface area contributed by atoms with Gasteiger partial charge in [-0.05, 0) is 29.8 Å². The average molecular weight is 823 g/mol. The maximum absolute atomic E-state index is 13.0. The van der Waals surface area contributed by atoms with Crippen molar-refractivity contribution in [2.75, 3.05) is 77.2 Å². The Morgan fingerprint density at radius 3 is 1.62 bits per heavy atom. The van der Waals surface area contributed by atoms with E-state index in [1.165, 1.54) is 28.4 Å². The largest absolute Gasteiger partial charge is 0.481 e. The summed E-state index contributed by atoms with van der Waals surface area (Å²) in [5.74, 6) is -3.45. The molecule has 0 spiro atoms. The van der Waals surface area contributed by atoms with Crippen molar-refractivity contribution in [3.8, 4) is 0 Å². The van der Waals surface area contributed by atoms with Gasteiger partial charge in [0.1, 0.15) is 6.04 Å². The lowest BCUT2D eigenvalue weighted by atomic mass is 10.1. The summed E-state index contributed by atoms with van der Waals surface area (Å²) >= 11 is 3.04. The number of thioether (sulfide) groups is 2. The molecule has 7 N–H and O–H groups in total. The van der Waals surface area contributed by atoms with Crippen molar-refractivity contribution < 1.29 is 58.0 Å². The van der Waals surface area contributed by atoms with Gasteiger partial charge in [0, 0.05) is 65.0 Å². The predicted octanol–water partition coefficient (Wildman–Crippen LogP) is 0.371. The zero-order chi connectivity index (χ0) is 41.4. The van der Waals surface area contributed by atoms with E-state index in [2.05, 4.69) is 26.6 Å². The van der Waals surface area contributed by atoms with Crippen LogP contribution in [0.5, 0.6) is 0 Å². The van der Waals surface area contributed by atoms with E-state index in [0.29, 0.717) is 41.4 Å². The van der Waals surface area contributed by atoms with Crippen molar-refractivity contribution in [1.29, 1.82) is 0 Å². The van der Waals surface area contributed by atoms with Crippen LogP contribution in [0.3, 0.4) is 0 Å². The standard InChI is InChI=1S/C35H62N6O12S2/c1-25(2)54-23-31(45)37-14-17-41(18-15-38-32(46)24-55-26(3)4)33(47)10-8-28(42)39-16-20-53-22-21-52-19-12-29(43)36-13-6-5-7-27(35(50)51)40-30(44)9-11-34(48)49/h25-27H,5-24H2,1-4H3,(H,36,43)(H,37,45)(H,38,46)(H,39,42)(H,40,44)(H,48,49)(H,50,51). The van der Waals surface area contributed by atoms with Gasteiger partial charge < -0.3 is 51.2 Å². The van der Waals surface area contributed by atoms with Crippen LogP contribution >= 0.6 is 23.5 Å². The summed E-state index contributed by atoms with van der Waals surface area (Å²) in [4.78, 5) is 96.6. The Hall–Kier alpha value is -3.62. The normalized spacial score (nSPS) is 11.5. The van der Waals surface area contributed by atoms with Crippen molar-refractivity contribution in [2.45, 2.75) is 95.6 Å². The van der Waals surface area contributed by atoms with Crippen molar-refractivity contribution in [2.24, 2.45) is 0 Å². The first-order valence-electron chi connectivity index (χ1n) is 18.6. The number of nitrogens with one attached hydrogen (secondary N) is 5. The molecule has 1 atom stereocenters. The fourth-order valence-electron chi connectivity index (χ4n) is 4.36. The molecule has 0 heterocycles. The number of ether oxygens (including phenoxy) is 2. The number of hydrogen-bond donors (Lipinski definition) is 7. The Balaban J connectivity index is 4.19. The monoisotopic (exact) mass is 822 g/mol. The summed E-state index contributed by atoms with van der Waals surface area (Å²) in [6.45, 7) is 10.4. The molecule has 0 radical (unpaired) electrons. The van der Waals surface area contributed by atoms with Crippen LogP contribution in [0.4, 0.5) is 0 Å². The van der Waals surface area contributed by atoms with E-state index in [9.17, 15) is 43.5 Å². The summed E-state index contributed by atoms with van der Waals surface area (Å²) in [6, 6.07) is -1.13. The summed E-state index contributed by atoms with van der Waals surface area (Å²) in [7, 11) is 0. The van der Waals surface area contributed by atoms with Crippen molar-refractivity contribution >= 4 is 70.9 Å². The molecular weight excluding hydrogens is 761 g/mol. The third-order valence-corrected chi connectivity index (χ3v) is 9.47. The molecule has 0 aromatic rings. The SMILES string of the molecule is CC(C)SCC(=O)NCCN(CCNC(=O)CSC(C)C)C(=O)CCC(=O)NCCOCCOCCC(=O)NCCCCC(NC(=O)CCC(=O)O)C(=O)O. The third-order valence-electron chi connectivity index (χ3n) is 7.28. The van der Waals surface area contributed by atoms with Crippen molar-refractivity contribution in [1.82, 2.24) is 31.5 Å². The van der Waals surface area contributed by atoms with Gasteiger partial charge in [0.2, 0.25) is 35.4 Å². The highest BCUT2D eigenvalue weighted by Gasteiger charge is 2.20. The maximum Gasteiger partial charge on any atom is 0.326 e. The summed E-state index contributed by atoms with van der Waals surface area (Å²) in [6.07, 6.45) is 0.388. The second-order valence-corrected chi connectivity index (χ2v) is 16.0. The summed E-state index contributed by atoms with van der Waals surface area (Å²) in [5, 5.41) is 31.8. The van der Waals surface area contributed by atoms with E-state index in [0.717, 1.165) is 0 Å². The van der Waals surface area contributed by atoms with E-state index in [-0.39, 0.29) is 127 Å². The molecular formula is C35H62N6O12S2. The fourth-order valence-corrected chi connectivity index (χ4v) is 5.53. The lowest BCUT2D eigenvalue weighted by molar-refractivity contribution is -0.142. The fraction of sp³-hybridized carbons (Fsp3) is 0.771. The molecule has 0 aliphatic heterocycles. The van der Waals surface area contributed by atoms with Gasteiger partial charge in [-0.25, -0.2) is 4.79 Å². The van der Waals surface area contributed by atoms with Crippen LogP contribution in [-0.2, 0) is 47.8 Å². The number of carbonyl (C=O) groups is 8. The first-order chi connectivity index (χ1) is 26.1. The summed E-state index contributed by atoms with van der Waals surface area (Å²) in [5.41, 5.74) is 0. The topological polar surface area (TPSA) is 259 Å². The minimum absolute atomic E-state index is 0.0352. The highest BCUT2D eigenvalue weighted by Crippen LogP contribution is 2.09. The van der Waals surface area contributed by atoms with Crippen molar-refractivity contribution in [3.05, 3.63) is 0 Å². The maximum atomic E-state index is 13.0. The smallest absolute Gasteiger partial charge is 0.326 e. The molecule has 1 unspecified atom stereocenters. The number of amides is 6. The summed E-state index contributed by atoms with van der Waals surface area (Å²) < 4.78 is 10.8. The average Bonchev–Trinajstić information content (AvgIpc) is 3.12. The molecule has 0 rings (SSSR count). The van der Waals surface area contributed by atoms with Crippen LogP contribution in [0.25, 0.3) is 0 Å². The van der Waals surface area contributed by atoms with Gasteiger partial charge in [0.05, 0.1) is 44.4 Å². The molecule has 18 nitrogen and oxygen atoms in total. The van der Waals surface area contributed by atoms with Gasteiger partial charge >= 0.3 is 11.9 Å². The number of nitrogens with zero attached hydrogens (tertiary/aromatic N) is 1. The molecule has 0 aromatic carbocycles. The van der Waals surface area contributed by atoms with Gasteiger partial charge in [-0.3, -0.25) is 33.6 Å². The second-order valence-electron chi connectivity index (χ2n) is 12.8. The minimum atomic E-state index is -1.22. The number of carbonyl (C=O) groups excluding carboxylic acids is 6. The number of carboxylic acid groups (broad SMARTS) is 2. The molecule has 0 saturated carbocycles. The van der Waals surface area contributed by atoms with Gasteiger partial charge in [-0.2, -0.15) is 0 Å². The van der Waals surface area contributed by atoms with Crippen LogP contribution in [-0.4, -0.2) is 156 Å². The Morgan fingerprint density at radius 1 is 0.564 bits per heavy atom. The quantitative estimate of drug-likeness (QED) is 0.0433. The van der Waals surface area contributed by atoms with E-state index < -0.39 is 23.9 Å². The molecule has 6 amide bonds. The van der Waals surface area contributed by atoms with E-state index in [1.54, 1.807) is 0 Å². The van der Waals surface area contributed by atoms with Gasteiger partial charge in [-0.15, -0.1) is 23.5 Å². The van der Waals surface area contributed by atoms with Gasteiger partial charge in [0.15, 0.2) is 0 Å². The zero-order valence-corrected chi connectivity index (χ0v) is 34.2. The molecule has 0 aliphatic carbocycles. The third kappa shape index (κ3) is 32.3.